The summed E-state index contributed by atoms with van der Waals surface area (Å²) in [7, 11) is 1.62. The number of aryl methyl sites for hydroxylation is 1. The Labute approximate surface area is 129 Å². The van der Waals surface area contributed by atoms with Crippen molar-refractivity contribution < 1.29 is 14.3 Å². The molecule has 118 valence electrons. The van der Waals surface area contributed by atoms with Crippen molar-refractivity contribution in [1.29, 1.82) is 0 Å². The highest BCUT2D eigenvalue weighted by Gasteiger charge is 2.32. The van der Waals surface area contributed by atoms with Crippen LogP contribution in [-0.4, -0.2) is 47.1 Å². The molecule has 6 nitrogen and oxygen atoms in total. The van der Waals surface area contributed by atoms with Crippen molar-refractivity contribution in [2.45, 2.75) is 26.0 Å². The molecule has 6 heteroatoms. The van der Waals surface area contributed by atoms with E-state index >= 15 is 0 Å². The van der Waals surface area contributed by atoms with E-state index in [9.17, 15) is 9.90 Å². The summed E-state index contributed by atoms with van der Waals surface area (Å²) in [6, 6.07) is 5.92. The Morgan fingerprint density at radius 3 is 3.09 bits per heavy atom. The van der Waals surface area contributed by atoms with Gasteiger partial charge in [0.15, 0.2) is 11.5 Å². The van der Waals surface area contributed by atoms with E-state index in [1.807, 2.05) is 25.1 Å². The number of hydrogen-bond acceptors (Lipinski definition) is 5. The smallest absolute Gasteiger partial charge is 0.220 e. The van der Waals surface area contributed by atoms with Crippen LogP contribution in [0.15, 0.2) is 22.6 Å². The number of aromatic nitrogens is 1. The van der Waals surface area contributed by atoms with Gasteiger partial charge in [0, 0.05) is 51.5 Å². The highest BCUT2D eigenvalue weighted by molar-refractivity contribution is 5.76. The second kappa shape index (κ2) is 6.06. The van der Waals surface area contributed by atoms with Crippen LogP contribution in [0, 0.1) is 12.8 Å². The normalized spacial score (nSPS) is 22.3. The van der Waals surface area contributed by atoms with Crippen LogP contribution in [0.2, 0.25) is 0 Å². The van der Waals surface area contributed by atoms with Crippen LogP contribution >= 0.6 is 0 Å². The SMILES string of the molecule is CNC(=O)C[C@@H]1CN(Cc2cccc3nc(C)oc23)C[C@H]1O. The molecular weight excluding hydrogens is 282 g/mol. The number of para-hydroxylation sites is 1. The summed E-state index contributed by atoms with van der Waals surface area (Å²) >= 11 is 0. The van der Waals surface area contributed by atoms with Crippen LogP contribution in [0.25, 0.3) is 11.1 Å². The number of benzene rings is 1. The predicted octanol–water partition coefficient (Wildman–Crippen LogP) is 1.07. The Bertz CT molecular complexity index is 682. The number of likely N-dealkylation sites (tertiary alicyclic amines) is 1. The number of nitrogens with zero attached hydrogens (tertiary/aromatic N) is 2. The van der Waals surface area contributed by atoms with E-state index in [-0.39, 0.29) is 11.8 Å². The summed E-state index contributed by atoms with van der Waals surface area (Å²) in [4.78, 5) is 18.0. The van der Waals surface area contributed by atoms with Gasteiger partial charge in [0.1, 0.15) is 5.52 Å². The van der Waals surface area contributed by atoms with Crippen LogP contribution in [0.4, 0.5) is 0 Å². The third-order valence-corrected chi connectivity index (χ3v) is 4.21. The Kier molecular flexibility index (Phi) is 4.13. The molecule has 1 aromatic carbocycles. The van der Waals surface area contributed by atoms with E-state index in [1.165, 1.54) is 0 Å². The third-order valence-electron chi connectivity index (χ3n) is 4.21. The van der Waals surface area contributed by atoms with E-state index in [4.69, 9.17) is 4.42 Å². The van der Waals surface area contributed by atoms with E-state index < -0.39 is 6.10 Å². The molecule has 2 atom stereocenters. The first-order valence-electron chi connectivity index (χ1n) is 7.53. The zero-order valence-electron chi connectivity index (χ0n) is 12.9. The third kappa shape index (κ3) is 2.98. The van der Waals surface area contributed by atoms with Crippen LogP contribution < -0.4 is 5.32 Å². The van der Waals surface area contributed by atoms with Gasteiger partial charge in [-0.05, 0) is 6.07 Å². The maximum Gasteiger partial charge on any atom is 0.220 e. The van der Waals surface area contributed by atoms with Gasteiger partial charge in [0.25, 0.3) is 0 Å². The second-order valence-electron chi connectivity index (χ2n) is 5.90. The number of amides is 1. The number of fused-ring (bicyclic) bond motifs is 1. The van der Waals surface area contributed by atoms with Crippen molar-refractivity contribution in [3.05, 3.63) is 29.7 Å². The summed E-state index contributed by atoms with van der Waals surface area (Å²) in [5, 5.41) is 12.8. The summed E-state index contributed by atoms with van der Waals surface area (Å²) < 4.78 is 5.68. The number of hydrogen-bond donors (Lipinski definition) is 2. The molecule has 0 aliphatic carbocycles. The first kappa shape index (κ1) is 15.0. The first-order chi connectivity index (χ1) is 10.6. The van der Waals surface area contributed by atoms with Crippen LogP contribution in [0.3, 0.4) is 0 Å². The molecule has 0 bridgehead atoms. The Morgan fingerprint density at radius 1 is 1.50 bits per heavy atom. The number of nitrogens with one attached hydrogen (secondary N) is 1. The molecular formula is C16H21N3O3. The average molecular weight is 303 g/mol. The van der Waals surface area contributed by atoms with Crippen molar-refractivity contribution in [3.8, 4) is 0 Å². The Hall–Kier alpha value is -1.92. The van der Waals surface area contributed by atoms with Gasteiger partial charge in [-0.2, -0.15) is 0 Å². The number of aliphatic hydroxyl groups excluding tert-OH is 1. The minimum atomic E-state index is -0.465. The van der Waals surface area contributed by atoms with Crippen LogP contribution in [0.5, 0.6) is 0 Å². The minimum absolute atomic E-state index is 0.0179. The quantitative estimate of drug-likeness (QED) is 0.883. The Balaban J connectivity index is 1.72. The Morgan fingerprint density at radius 2 is 2.32 bits per heavy atom. The molecule has 2 aromatic rings. The van der Waals surface area contributed by atoms with Crippen molar-refractivity contribution in [2.24, 2.45) is 5.92 Å². The van der Waals surface area contributed by atoms with Gasteiger partial charge >= 0.3 is 0 Å². The topological polar surface area (TPSA) is 78.6 Å². The molecule has 1 aliphatic rings. The molecule has 3 rings (SSSR count). The van der Waals surface area contributed by atoms with Crippen molar-refractivity contribution in [3.63, 3.8) is 0 Å². The number of oxazole rings is 1. The number of rotatable bonds is 4. The van der Waals surface area contributed by atoms with Gasteiger partial charge < -0.3 is 14.8 Å². The lowest BCUT2D eigenvalue weighted by molar-refractivity contribution is -0.122. The molecule has 1 aromatic heterocycles. The fourth-order valence-electron chi connectivity index (χ4n) is 3.09. The molecule has 1 fully saturated rings. The fourth-order valence-corrected chi connectivity index (χ4v) is 3.09. The molecule has 2 N–H and O–H groups in total. The lowest BCUT2D eigenvalue weighted by Gasteiger charge is -2.15. The van der Waals surface area contributed by atoms with Gasteiger partial charge in [-0.1, -0.05) is 12.1 Å². The monoisotopic (exact) mass is 303 g/mol. The van der Waals surface area contributed by atoms with E-state index in [2.05, 4.69) is 15.2 Å². The van der Waals surface area contributed by atoms with Crippen molar-refractivity contribution in [2.75, 3.05) is 20.1 Å². The van der Waals surface area contributed by atoms with E-state index in [1.54, 1.807) is 7.05 Å². The minimum Gasteiger partial charge on any atom is -0.441 e. The molecule has 2 heterocycles. The number of β-amino-alcohol motifs (C(OH)–C–C–N with tert-alkyl or cyclic N) is 1. The van der Waals surface area contributed by atoms with Crippen molar-refractivity contribution in [1.82, 2.24) is 15.2 Å². The first-order valence-corrected chi connectivity index (χ1v) is 7.53. The molecule has 22 heavy (non-hydrogen) atoms. The fraction of sp³-hybridized carbons (Fsp3) is 0.500. The van der Waals surface area contributed by atoms with Crippen LogP contribution in [-0.2, 0) is 11.3 Å². The van der Waals surface area contributed by atoms with Gasteiger partial charge in [-0.3, -0.25) is 9.69 Å². The molecule has 0 radical (unpaired) electrons. The van der Waals surface area contributed by atoms with E-state index in [0.29, 0.717) is 31.9 Å². The largest absolute Gasteiger partial charge is 0.441 e. The maximum atomic E-state index is 11.5. The number of aliphatic hydroxyl groups is 1. The molecule has 1 aliphatic heterocycles. The van der Waals surface area contributed by atoms with Gasteiger partial charge in [0.2, 0.25) is 5.91 Å². The standard InChI is InChI=1S/C16H21N3O3/c1-10-18-13-5-3-4-11(16(13)22-10)7-19-8-12(14(20)9-19)6-15(21)17-2/h3-5,12,14,20H,6-9H2,1-2H3,(H,17,21)/t12-,14-/m1/s1. The summed E-state index contributed by atoms with van der Waals surface area (Å²) in [6.45, 7) is 3.80. The van der Waals surface area contributed by atoms with Crippen molar-refractivity contribution >= 4 is 17.0 Å². The highest BCUT2D eigenvalue weighted by atomic mass is 16.3. The van der Waals surface area contributed by atoms with Gasteiger partial charge in [0.05, 0.1) is 6.10 Å². The second-order valence-corrected chi connectivity index (χ2v) is 5.90. The summed E-state index contributed by atoms with van der Waals surface area (Å²) in [5.74, 6) is 0.607. The lowest BCUT2D eigenvalue weighted by Crippen LogP contribution is -2.27. The zero-order valence-corrected chi connectivity index (χ0v) is 12.9. The average Bonchev–Trinajstić information content (AvgIpc) is 3.02. The molecule has 0 saturated carbocycles. The number of carbonyl (C=O) groups excluding carboxylic acids is 1. The van der Waals surface area contributed by atoms with Crippen LogP contribution in [0.1, 0.15) is 17.9 Å². The zero-order chi connectivity index (χ0) is 15.7. The predicted molar refractivity (Wildman–Crippen MR) is 82.2 cm³/mol. The molecule has 1 saturated heterocycles. The number of carbonyl (C=O) groups is 1. The summed E-state index contributed by atoms with van der Waals surface area (Å²) in [6.07, 6.45) is -0.104. The molecule has 0 unspecified atom stereocenters. The lowest BCUT2D eigenvalue weighted by atomic mass is 10.0. The van der Waals surface area contributed by atoms with Gasteiger partial charge in [-0.25, -0.2) is 4.98 Å². The van der Waals surface area contributed by atoms with Gasteiger partial charge in [-0.15, -0.1) is 0 Å². The molecule has 1 amide bonds. The molecule has 0 spiro atoms. The van der Waals surface area contributed by atoms with E-state index in [0.717, 1.165) is 16.7 Å². The summed E-state index contributed by atoms with van der Waals surface area (Å²) in [5.41, 5.74) is 2.73. The highest BCUT2D eigenvalue weighted by Crippen LogP contribution is 2.25. The maximum absolute atomic E-state index is 11.5.